The number of hydrogen-bond donors (Lipinski definition) is 1. The molecule has 0 spiro atoms. The first-order chi connectivity index (χ1) is 13.6. The van der Waals surface area contributed by atoms with Crippen molar-refractivity contribution < 1.29 is 9.47 Å². The third-order valence-electron chi connectivity index (χ3n) is 3.93. The fourth-order valence-electron chi connectivity index (χ4n) is 2.61. The van der Waals surface area contributed by atoms with Crippen LogP contribution < -0.4 is 15.0 Å². The van der Waals surface area contributed by atoms with Gasteiger partial charge in [0.25, 0.3) is 5.56 Å². The summed E-state index contributed by atoms with van der Waals surface area (Å²) in [6.07, 6.45) is 1.82. The number of aromatic amines is 1. The number of aromatic nitrogens is 2. The highest BCUT2D eigenvalue weighted by Crippen LogP contribution is 2.39. The van der Waals surface area contributed by atoms with Gasteiger partial charge in [-0.05, 0) is 30.5 Å². The van der Waals surface area contributed by atoms with Gasteiger partial charge in [-0.3, -0.25) is 4.79 Å². The van der Waals surface area contributed by atoms with E-state index in [1.807, 2.05) is 54.8 Å². The van der Waals surface area contributed by atoms with Crippen molar-refractivity contribution in [3.05, 3.63) is 58.4 Å². The van der Waals surface area contributed by atoms with Gasteiger partial charge in [-0.1, -0.05) is 41.7 Å². The predicted octanol–water partition coefficient (Wildman–Crippen LogP) is 4.20. The van der Waals surface area contributed by atoms with Crippen molar-refractivity contribution in [1.29, 1.82) is 5.26 Å². The van der Waals surface area contributed by atoms with Crippen LogP contribution in [-0.2, 0) is 0 Å². The Hall–Kier alpha value is -2.89. The molecule has 0 aliphatic heterocycles. The van der Waals surface area contributed by atoms with Crippen molar-refractivity contribution >= 4 is 23.5 Å². The van der Waals surface area contributed by atoms with E-state index in [4.69, 9.17) is 9.47 Å². The van der Waals surface area contributed by atoms with E-state index in [1.165, 1.54) is 23.5 Å². The summed E-state index contributed by atoms with van der Waals surface area (Å²) in [6, 6.07) is 15.2. The van der Waals surface area contributed by atoms with Crippen LogP contribution in [0.1, 0.15) is 5.56 Å². The van der Waals surface area contributed by atoms with E-state index in [1.54, 1.807) is 14.2 Å². The number of methoxy groups -OCH3 is 2. The van der Waals surface area contributed by atoms with Crippen LogP contribution in [0.3, 0.4) is 0 Å². The van der Waals surface area contributed by atoms with Crippen molar-refractivity contribution in [2.45, 2.75) is 14.9 Å². The van der Waals surface area contributed by atoms with Crippen molar-refractivity contribution in [3.8, 4) is 28.8 Å². The minimum atomic E-state index is -0.442. The Labute approximate surface area is 170 Å². The van der Waals surface area contributed by atoms with Crippen LogP contribution in [0, 0.1) is 11.3 Å². The minimum absolute atomic E-state index is 0.00170. The molecule has 0 aliphatic carbocycles. The number of nitrogens with zero attached hydrogens (tertiary/aromatic N) is 2. The zero-order valence-corrected chi connectivity index (χ0v) is 17.1. The number of hydrogen-bond acceptors (Lipinski definition) is 7. The van der Waals surface area contributed by atoms with Gasteiger partial charge < -0.3 is 14.5 Å². The third-order valence-corrected chi connectivity index (χ3v) is 5.57. The Balaban J connectivity index is 2.10. The second-order valence-corrected chi connectivity index (χ2v) is 7.44. The first-order valence-corrected chi connectivity index (χ1v) is 10.2. The van der Waals surface area contributed by atoms with Gasteiger partial charge in [0.2, 0.25) is 0 Å². The number of benzene rings is 2. The Morgan fingerprint density at radius 2 is 1.86 bits per heavy atom. The SMILES string of the molecule is COc1ccc(Sc2ccccc2-c2nc(SC)[nH]c(=O)c2C#N)cc1OC. The average molecular weight is 412 g/mol. The maximum atomic E-state index is 12.3. The van der Waals surface area contributed by atoms with Crippen LogP contribution in [0.2, 0.25) is 0 Å². The van der Waals surface area contributed by atoms with E-state index in [0.29, 0.717) is 22.3 Å². The third kappa shape index (κ3) is 4.01. The Morgan fingerprint density at radius 1 is 1.11 bits per heavy atom. The van der Waals surface area contributed by atoms with E-state index >= 15 is 0 Å². The van der Waals surface area contributed by atoms with Crippen LogP contribution in [0.5, 0.6) is 11.5 Å². The van der Waals surface area contributed by atoms with Crippen molar-refractivity contribution in [2.24, 2.45) is 0 Å². The van der Waals surface area contributed by atoms with Crippen LogP contribution in [0.25, 0.3) is 11.3 Å². The monoisotopic (exact) mass is 411 g/mol. The molecule has 0 saturated carbocycles. The number of rotatable bonds is 6. The standard InChI is InChI=1S/C20H17N3O3S2/c1-25-15-9-8-12(10-16(15)26-2)28-17-7-5-4-6-13(17)18-14(11-21)19(24)23-20(22-18)27-3/h4-10H,1-3H3,(H,22,23,24). The van der Waals surface area contributed by atoms with Gasteiger partial charge in [0.05, 0.1) is 19.9 Å². The number of nitrogens with one attached hydrogen (secondary N) is 1. The highest BCUT2D eigenvalue weighted by atomic mass is 32.2. The lowest BCUT2D eigenvalue weighted by Crippen LogP contribution is -2.14. The summed E-state index contributed by atoms with van der Waals surface area (Å²) in [6.45, 7) is 0. The van der Waals surface area contributed by atoms with Gasteiger partial charge in [0.15, 0.2) is 16.7 Å². The van der Waals surface area contributed by atoms with E-state index in [0.717, 1.165) is 15.4 Å². The van der Waals surface area contributed by atoms with Crippen LogP contribution in [0.15, 0.2) is 62.2 Å². The summed E-state index contributed by atoms with van der Waals surface area (Å²) in [5, 5.41) is 9.94. The summed E-state index contributed by atoms with van der Waals surface area (Å²) < 4.78 is 10.7. The zero-order valence-electron chi connectivity index (χ0n) is 15.5. The highest BCUT2D eigenvalue weighted by molar-refractivity contribution is 7.99. The van der Waals surface area contributed by atoms with E-state index in [2.05, 4.69) is 9.97 Å². The molecule has 6 nitrogen and oxygen atoms in total. The van der Waals surface area contributed by atoms with E-state index in [9.17, 15) is 10.1 Å². The maximum Gasteiger partial charge on any atom is 0.270 e. The zero-order chi connectivity index (χ0) is 20.1. The van der Waals surface area contributed by atoms with Gasteiger partial charge in [-0.25, -0.2) is 4.98 Å². The van der Waals surface area contributed by atoms with Gasteiger partial charge >= 0.3 is 0 Å². The summed E-state index contributed by atoms with van der Waals surface area (Å²) in [7, 11) is 3.18. The first kappa shape index (κ1) is 19.9. The molecule has 0 unspecified atom stereocenters. The normalized spacial score (nSPS) is 10.4. The molecule has 3 rings (SSSR count). The molecule has 2 aromatic carbocycles. The molecule has 0 atom stereocenters. The second-order valence-electron chi connectivity index (χ2n) is 5.53. The summed E-state index contributed by atoms with van der Waals surface area (Å²) in [5.74, 6) is 1.27. The Bertz CT molecular complexity index is 1110. The van der Waals surface area contributed by atoms with Crippen LogP contribution in [-0.4, -0.2) is 30.4 Å². The van der Waals surface area contributed by atoms with Crippen molar-refractivity contribution in [2.75, 3.05) is 20.5 Å². The average Bonchev–Trinajstić information content (AvgIpc) is 2.73. The second kappa shape index (κ2) is 8.87. The Kier molecular flexibility index (Phi) is 6.29. The molecule has 1 N–H and O–H groups in total. The molecule has 0 amide bonds. The molecule has 8 heteroatoms. The molecule has 1 heterocycles. The van der Waals surface area contributed by atoms with E-state index in [-0.39, 0.29) is 5.56 Å². The summed E-state index contributed by atoms with van der Waals surface area (Å²) in [4.78, 5) is 21.2. The molecular weight excluding hydrogens is 394 g/mol. The van der Waals surface area contributed by atoms with Crippen LogP contribution in [0.4, 0.5) is 0 Å². The number of H-pyrrole nitrogens is 1. The van der Waals surface area contributed by atoms with Crippen molar-refractivity contribution in [3.63, 3.8) is 0 Å². The molecule has 0 bridgehead atoms. The molecular formula is C20H17N3O3S2. The van der Waals surface area contributed by atoms with Crippen molar-refractivity contribution in [1.82, 2.24) is 9.97 Å². The minimum Gasteiger partial charge on any atom is -0.493 e. The summed E-state index contributed by atoms with van der Waals surface area (Å²) >= 11 is 2.81. The largest absolute Gasteiger partial charge is 0.493 e. The van der Waals surface area contributed by atoms with Gasteiger partial charge in [0.1, 0.15) is 11.6 Å². The molecule has 3 aromatic rings. The number of ether oxygens (including phenoxy) is 2. The topological polar surface area (TPSA) is 88.0 Å². The molecule has 0 fully saturated rings. The Morgan fingerprint density at radius 3 is 2.54 bits per heavy atom. The fourth-order valence-corrected chi connectivity index (χ4v) is 3.96. The smallest absolute Gasteiger partial charge is 0.270 e. The molecule has 1 aromatic heterocycles. The highest BCUT2D eigenvalue weighted by Gasteiger charge is 2.17. The number of thioether (sulfide) groups is 1. The summed E-state index contributed by atoms with van der Waals surface area (Å²) in [5.41, 5.74) is 0.653. The molecule has 28 heavy (non-hydrogen) atoms. The predicted molar refractivity (Wildman–Crippen MR) is 110 cm³/mol. The van der Waals surface area contributed by atoms with Gasteiger partial charge in [0, 0.05) is 15.4 Å². The first-order valence-electron chi connectivity index (χ1n) is 8.19. The van der Waals surface area contributed by atoms with Gasteiger partial charge in [-0.15, -0.1) is 0 Å². The van der Waals surface area contributed by atoms with Crippen LogP contribution >= 0.6 is 23.5 Å². The quantitative estimate of drug-likeness (QED) is 0.480. The van der Waals surface area contributed by atoms with Gasteiger partial charge in [-0.2, -0.15) is 5.26 Å². The lowest BCUT2D eigenvalue weighted by Gasteiger charge is -2.12. The lowest BCUT2D eigenvalue weighted by atomic mass is 10.1. The van der Waals surface area contributed by atoms with E-state index < -0.39 is 5.56 Å². The lowest BCUT2D eigenvalue weighted by molar-refractivity contribution is 0.354. The molecule has 0 aliphatic rings. The number of nitriles is 1. The fraction of sp³-hybridized carbons (Fsp3) is 0.150. The maximum absolute atomic E-state index is 12.3. The molecule has 142 valence electrons. The molecule has 0 saturated heterocycles. The molecule has 0 radical (unpaired) electrons.